The van der Waals surface area contributed by atoms with Gasteiger partial charge in [0.05, 0.1) is 11.1 Å². The number of thioether (sulfide) groups is 1. The van der Waals surface area contributed by atoms with Gasteiger partial charge in [-0.05, 0) is 62.4 Å². The predicted octanol–water partition coefficient (Wildman–Crippen LogP) is 8.61. The van der Waals surface area contributed by atoms with Crippen molar-refractivity contribution < 1.29 is 14.6 Å². The number of aryl methyl sites for hydroxylation is 2. The molecule has 43 heavy (non-hydrogen) atoms. The summed E-state index contributed by atoms with van der Waals surface area (Å²) in [5.41, 5.74) is 7.08. The molecule has 1 aliphatic rings. The van der Waals surface area contributed by atoms with Crippen molar-refractivity contribution in [1.29, 1.82) is 0 Å². The smallest absolute Gasteiger partial charge is 0.309 e. The van der Waals surface area contributed by atoms with Crippen LogP contribution in [0.4, 0.5) is 0 Å². The van der Waals surface area contributed by atoms with Crippen LogP contribution in [-0.4, -0.2) is 25.9 Å². The number of carboxylic acids is 1. The zero-order valence-electron chi connectivity index (χ0n) is 25.0. The second kappa shape index (κ2) is 12.3. The van der Waals surface area contributed by atoms with E-state index in [2.05, 4.69) is 71.1 Å². The summed E-state index contributed by atoms with van der Waals surface area (Å²) in [5.74, 6) is 0.116. The minimum absolute atomic E-state index is 0.357. The van der Waals surface area contributed by atoms with Gasteiger partial charge in [-0.3, -0.25) is 9.78 Å². The van der Waals surface area contributed by atoms with Crippen LogP contribution in [0.15, 0.2) is 96.0 Å². The summed E-state index contributed by atoms with van der Waals surface area (Å²) >= 11 is 1.88. The summed E-state index contributed by atoms with van der Waals surface area (Å²) in [6.07, 6.45) is 5.24. The molecule has 1 atom stereocenters. The molecule has 0 spiro atoms. The van der Waals surface area contributed by atoms with Crippen molar-refractivity contribution in [2.75, 3.05) is 0 Å². The van der Waals surface area contributed by atoms with Crippen LogP contribution in [0, 0.1) is 5.41 Å². The molecule has 0 bridgehead atoms. The molecule has 6 rings (SSSR count). The molecule has 3 heterocycles. The van der Waals surface area contributed by atoms with Crippen LogP contribution in [0.2, 0.25) is 0 Å². The van der Waals surface area contributed by atoms with E-state index in [4.69, 9.17) is 4.74 Å². The number of carbonyl (C=O) groups is 1. The first-order valence-electron chi connectivity index (χ1n) is 15.0. The largest absolute Gasteiger partial charge is 0.487 e. The van der Waals surface area contributed by atoms with E-state index in [0.29, 0.717) is 18.3 Å². The number of aliphatic carboxylic acids is 1. The average Bonchev–Trinajstić information content (AvgIpc) is 3.29. The lowest BCUT2D eigenvalue weighted by Crippen LogP contribution is -2.28. The van der Waals surface area contributed by atoms with E-state index >= 15 is 0 Å². The molecule has 2 aromatic heterocycles. The first-order valence-corrected chi connectivity index (χ1v) is 15.9. The molecule has 1 aliphatic heterocycles. The SMILES string of the molecule is CC1Cc2c(OCc3ccc(-c4ccccc4)cn3)ccc3c2c(c(CC(C)(C)C(=O)O)n3CCCc2ccccc2)S1. The normalized spacial score (nSPS) is 14.6. The molecule has 0 amide bonds. The third-order valence-corrected chi connectivity index (χ3v) is 9.59. The fraction of sp³-hybridized carbons (Fsp3) is 0.297. The molecule has 5 aromatic rings. The summed E-state index contributed by atoms with van der Waals surface area (Å²) in [5, 5.41) is 11.6. The summed E-state index contributed by atoms with van der Waals surface area (Å²) < 4.78 is 8.85. The maximum Gasteiger partial charge on any atom is 0.309 e. The second-order valence-corrected chi connectivity index (χ2v) is 13.6. The molecule has 0 radical (unpaired) electrons. The number of carboxylic acid groups (broad SMARTS) is 1. The molecule has 0 saturated heterocycles. The van der Waals surface area contributed by atoms with Crippen LogP contribution in [0.5, 0.6) is 5.75 Å². The summed E-state index contributed by atoms with van der Waals surface area (Å²) in [6, 6.07) is 29.2. The second-order valence-electron chi connectivity index (χ2n) is 12.1. The van der Waals surface area contributed by atoms with Gasteiger partial charge in [0.2, 0.25) is 0 Å². The van der Waals surface area contributed by atoms with Gasteiger partial charge in [-0.15, -0.1) is 11.8 Å². The van der Waals surface area contributed by atoms with Crippen LogP contribution < -0.4 is 4.74 Å². The quantitative estimate of drug-likeness (QED) is 0.167. The molecule has 6 heteroatoms. The molecule has 0 fully saturated rings. The van der Waals surface area contributed by atoms with E-state index in [0.717, 1.165) is 54.1 Å². The van der Waals surface area contributed by atoms with E-state index in [1.165, 1.54) is 26.9 Å². The van der Waals surface area contributed by atoms with E-state index < -0.39 is 11.4 Å². The highest BCUT2D eigenvalue weighted by Crippen LogP contribution is 2.48. The van der Waals surface area contributed by atoms with Crippen LogP contribution in [0.25, 0.3) is 22.0 Å². The standard InChI is InChI=1S/C37H38N2O3S/c1-25-21-30-33(42-24-29-17-16-28(23-38-29)27-14-8-5-9-15-27)19-18-31-34(30)35(43-25)32(22-37(2,3)36(40)41)39(31)20-10-13-26-11-6-4-7-12-26/h4-9,11-12,14-19,23,25H,10,13,20-22,24H2,1-3H3,(H,40,41). The number of rotatable bonds is 11. The Morgan fingerprint density at radius 1 is 1.00 bits per heavy atom. The molecule has 0 aliphatic carbocycles. The van der Waals surface area contributed by atoms with Gasteiger partial charge < -0.3 is 14.4 Å². The number of hydrogen-bond donors (Lipinski definition) is 1. The highest BCUT2D eigenvalue weighted by atomic mass is 32.2. The summed E-state index contributed by atoms with van der Waals surface area (Å²) in [4.78, 5) is 18.1. The third-order valence-electron chi connectivity index (χ3n) is 8.35. The summed E-state index contributed by atoms with van der Waals surface area (Å²) in [7, 11) is 0. The number of aromatic nitrogens is 2. The van der Waals surface area contributed by atoms with Crippen molar-refractivity contribution in [3.63, 3.8) is 0 Å². The third kappa shape index (κ3) is 6.21. The molecule has 3 aromatic carbocycles. The Hall–Kier alpha value is -4.03. The Balaban J connectivity index is 1.32. The van der Waals surface area contributed by atoms with Crippen LogP contribution in [-0.2, 0) is 37.2 Å². The van der Waals surface area contributed by atoms with E-state index in [-0.39, 0.29) is 0 Å². The monoisotopic (exact) mass is 590 g/mol. The van der Waals surface area contributed by atoms with Crippen molar-refractivity contribution in [2.45, 2.75) is 69.8 Å². The molecular formula is C37H38N2O3S. The molecule has 0 saturated carbocycles. The van der Waals surface area contributed by atoms with Crippen molar-refractivity contribution in [3.8, 4) is 16.9 Å². The average molecular weight is 591 g/mol. The van der Waals surface area contributed by atoms with Gasteiger partial charge in [0.15, 0.2) is 0 Å². The molecule has 1 unspecified atom stereocenters. The lowest BCUT2D eigenvalue weighted by Gasteiger charge is -2.24. The molecule has 220 valence electrons. The molecule has 5 nitrogen and oxygen atoms in total. The lowest BCUT2D eigenvalue weighted by molar-refractivity contribution is -0.146. The fourth-order valence-electron chi connectivity index (χ4n) is 5.98. The van der Waals surface area contributed by atoms with Gasteiger partial charge in [-0.1, -0.05) is 73.7 Å². The van der Waals surface area contributed by atoms with Gasteiger partial charge in [-0.25, -0.2) is 0 Å². The number of pyridine rings is 1. The van der Waals surface area contributed by atoms with Gasteiger partial charge >= 0.3 is 5.97 Å². The van der Waals surface area contributed by atoms with Gasteiger partial charge in [0.1, 0.15) is 12.4 Å². The van der Waals surface area contributed by atoms with Crippen LogP contribution >= 0.6 is 11.8 Å². The first kappa shape index (κ1) is 29.1. The Bertz CT molecular complexity index is 1730. The Morgan fingerprint density at radius 3 is 2.44 bits per heavy atom. The minimum Gasteiger partial charge on any atom is -0.487 e. The number of nitrogens with zero attached hydrogens (tertiary/aromatic N) is 2. The lowest BCUT2D eigenvalue weighted by atomic mass is 9.87. The fourth-order valence-corrected chi connectivity index (χ4v) is 7.29. The zero-order valence-corrected chi connectivity index (χ0v) is 25.9. The number of hydrogen-bond acceptors (Lipinski definition) is 4. The Kier molecular flexibility index (Phi) is 8.31. The minimum atomic E-state index is -0.875. The van der Waals surface area contributed by atoms with Crippen molar-refractivity contribution in [3.05, 3.63) is 114 Å². The van der Waals surface area contributed by atoms with Gasteiger partial charge in [0.25, 0.3) is 0 Å². The van der Waals surface area contributed by atoms with Crippen molar-refractivity contribution in [2.24, 2.45) is 5.41 Å². The Morgan fingerprint density at radius 2 is 1.74 bits per heavy atom. The number of ether oxygens (including phenoxy) is 1. The first-order chi connectivity index (χ1) is 20.8. The maximum absolute atomic E-state index is 12.2. The maximum atomic E-state index is 12.2. The van der Waals surface area contributed by atoms with Crippen LogP contribution in [0.3, 0.4) is 0 Å². The topological polar surface area (TPSA) is 64.3 Å². The van der Waals surface area contributed by atoms with E-state index in [9.17, 15) is 9.90 Å². The predicted molar refractivity (Wildman–Crippen MR) is 175 cm³/mol. The van der Waals surface area contributed by atoms with Crippen molar-refractivity contribution in [1.82, 2.24) is 9.55 Å². The highest BCUT2D eigenvalue weighted by Gasteiger charge is 2.34. The number of benzene rings is 3. The van der Waals surface area contributed by atoms with Crippen molar-refractivity contribution >= 4 is 28.6 Å². The highest BCUT2D eigenvalue weighted by molar-refractivity contribution is 8.00. The van der Waals surface area contributed by atoms with E-state index in [1.807, 2.05) is 62.1 Å². The van der Waals surface area contributed by atoms with Crippen LogP contribution in [0.1, 0.15) is 49.7 Å². The van der Waals surface area contributed by atoms with Gasteiger partial charge in [0, 0.05) is 57.0 Å². The van der Waals surface area contributed by atoms with Gasteiger partial charge in [-0.2, -0.15) is 0 Å². The van der Waals surface area contributed by atoms with E-state index in [1.54, 1.807) is 0 Å². The summed E-state index contributed by atoms with van der Waals surface area (Å²) in [6.45, 7) is 7.13. The zero-order chi connectivity index (χ0) is 30.0. The molecular weight excluding hydrogens is 552 g/mol. The Labute approximate surface area is 257 Å². The molecule has 1 N–H and O–H groups in total.